The highest BCUT2D eigenvalue weighted by molar-refractivity contribution is 14.1. The number of thiophene rings is 1. The number of halogens is 2. The summed E-state index contributed by atoms with van der Waals surface area (Å²) >= 11 is 9.82. The Morgan fingerprint density at radius 2 is 1.62 bits per heavy atom. The van der Waals surface area contributed by atoms with Crippen LogP contribution in [0, 0.1) is 3.57 Å². The molecule has 0 saturated carbocycles. The van der Waals surface area contributed by atoms with Crippen LogP contribution >= 0.6 is 45.5 Å². The largest absolute Gasteiger partial charge is 0.456 e. The van der Waals surface area contributed by atoms with Gasteiger partial charge in [0, 0.05) is 31.7 Å². The van der Waals surface area contributed by atoms with Gasteiger partial charge in [0.25, 0.3) is 0 Å². The highest BCUT2D eigenvalue weighted by Crippen LogP contribution is 2.38. The molecule has 1 aliphatic rings. The van der Waals surface area contributed by atoms with Gasteiger partial charge in [0.1, 0.15) is 11.3 Å². The molecule has 154 valence electrons. The Hall–Kier alpha value is -2.74. The first-order valence-electron chi connectivity index (χ1n) is 9.80. The van der Waals surface area contributed by atoms with Gasteiger partial charge in [0.2, 0.25) is 0 Å². The molecule has 0 spiro atoms. The van der Waals surface area contributed by atoms with Crippen LogP contribution in [-0.4, -0.2) is 11.6 Å². The van der Waals surface area contributed by atoms with Gasteiger partial charge in [0.15, 0.2) is 11.6 Å². The van der Waals surface area contributed by atoms with Crippen molar-refractivity contribution in [3.05, 3.63) is 97.8 Å². The van der Waals surface area contributed by atoms with E-state index in [1.165, 1.54) is 16.8 Å². The Kier molecular flexibility index (Phi) is 4.61. The maximum Gasteiger partial charge on any atom is 0.197 e. The quantitative estimate of drug-likeness (QED) is 0.123. The first-order chi connectivity index (χ1) is 15.5. The van der Waals surface area contributed by atoms with Gasteiger partial charge >= 0.3 is 0 Å². The van der Waals surface area contributed by atoms with Crippen molar-refractivity contribution in [1.29, 1.82) is 0 Å². The van der Waals surface area contributed by atoms with Gasteiger partial charge in [-0.05, 0) is 63.2 Å². The second kappa shape index (κ2) is 7.40. The number of hydrogen-bond donors (Lipinski definition) is 0. The molecule has 2 aromatic heterocycles. The molecule has 0 unspecified atom stereocenters. The standard InChI is InChI=1S/C26H12ClIO3S/c27-20-10-17-18(11-21(20)28)26(30)19(25(17)29)8-16-9-24-22(31-16)12-23(32-24)15-6-5-13-3-1-2-4-14(13)7-15/h1-12H/b19-8+. The topological polar surface area (TPSA) is 47.3 Å². The first-order valence-corrected chi connectivity index (χ1v) is 12.1. The Morgan fingerprint density at radius 1 is 0.875 bits per heavy atom. The molecule has 5 aromatic rings. The third kappa shape index (κ3) is 3.15. The molecular weight excluding hydrogens is 555 g/mol. The van der Waals surface area contributed by atoms with E-state index in [1.807, 2.05) is 24.3 Å². The van der Waals surface area contributed by atoms with Gasteiger partial charge in [0.05, 0.1) is 15.3 Å². The molecule has 1 aliphatic carbocycles. The van der Waals surface area contributed by atoms with Crippen LogP contribution in [0.2, 0.25) is 5.02 Å². The van der Waals surface area contributed by atoms with Crippen LogP contribution < -0.4 is 0 Å². The fourth-order valence-electron chi connectivity index (χ4n) is 4.00. The van der Waals surface area contributed by atoms with Crippen LogP contribution in [0.1, 0.15) is 26.5 Å². The molecule has 0 fully saturated rings. The zero-order valence-corrected chi connectivity index (χ0v) is 20.0. The summed E-state index contributed by atoms with van der Waals surface area (Å²) in [6.45, 7) is 0. The average Bonchev–Trinajstić information content (AvgIpc) is 3.42. The zero-order chi connectivity index (χ0) is 22.0. The fraction of sp³-hybridized carbons (Fsp3) is 0. The number of hydrogen-bond acceptors (Lipinski definition) is 4. The van der Waals surface area contributed by atoms with Gasteiger partial charge in [-0.15, -0.1) is 11.3 Å². The van der Waals surface area contributed by atoms with Gasteiger partial charge in [-0.25, -0.2) is 0 Å². The lowest BCUT2D eigenvalue weighted by atomic mass is 10.1. The van der Waals surface area contributed by atoms with E-state index >= 15 is 0 Å². The Bertz CT molecular complexity index is 1570. The summed E-state index contributed by atoms with van der Waals surface area (Å²) in [5.74, 6) is -0.127. The van der Waals surface area contributed by atoms with Crippen LogP contribution in [0.15, 0.2) is 76.7 Å². The summed E-state index contributed by atoms with van der Waals surface area (Å²) in [5.41, 5.74) is 2.70. The molecule has 3 nitrogen and oxygen atoms in total. The lowest BCUT2D eigenvalue weighted by Crippen LogP contribution is -1.99. The van der Waals surface area contributed by atoms with Crippen molar-refractivity contribution < 1.29 is 14.0 Å². The van der Waals surface area contributed by atoms with Crippen LogP contribution in [0.3, 0.4) is 0 Å². The maximum absolute atomic E-state index is 12.8. The second-order valence-electron chi connectivity index (χ2n) is 7.58. The molecule has 3 aromatic carbocycles. The number of fused-ring (bicyclic) bond motifs is 3. The monoisotopic (exact) mass is 566 g/mol. The highest BCUT2D eigenvalue weighted by atomic mass is 127. The van der Waals surface area contributed by atoms with E-state index < -0.39 is 0 Å². The predicted octanol–water partition coefficient (Wildman–Crippen LogP) is 8.04. The van der Waals surface area contributed by atoms with Crippen molar-refractivity contribution in [1.82, 2.24) is 0 Å². The van der Waals surface area contributed by atoms with Crippen LogP contribution in [0.5, 0.6) is 0 Å². The van der Waals surface area contributed by atoms with Crippen LogP contribution in [0.25, 0.3) is 37.6 Å². The lowest BCUT2D eigenvalue weighted by Gasteiger charge is -2.01. The Balaban J connectivity index is 1.36. The van der Waals surface area contributed by atoms with Crippen molar-refractivity contribution in [2.75, 3.05) is 0 Å². The molecule has 0 saturated heterocycles. The van der Waals surface area contributed by atoms with Crippen molar-refractivity contribution >= 4 is 84.2 Å². The van der Waals surface area contributed by atoms with E-state index in [1.54, 1.807) is 23.5 Å². The van der Waals surface area contributed by atoms with Gasteiger partial charge in [-0.2, -0.15) is 0 Å². The summed E-state index contributed by atoms with van der Waals surface area (Å²) in [6, 6.07) is 21.8. The number of benzene rings is 3. The smallest absolute Gasteiger partial charge is 0.197 e. The SMILES string of the molecule is O=C1/C(=C\c2cc3sc(-c4ccc5ccccc5c4)cc3o2)C(=O)c2cc(I)c(Cl)cc21. The summed E-state index contributed by atoms with van der Waals surface area (Å²) in [7, 11) is 0. The number of rotatable bonds is 2. The molecule has 32 heavy (non-hydrogen) atoms. The van der Waals surface area contributed by atoms with E-state index in [9.17, 15) is 9.59 Å². The Labute approximate surface area is 205 Å². The van der Waals surface area contributed by atoms with Gasteiger partial charge < -0.3 is 4.42 Å². The minimum atomic E-state index is -0.320. The summed E-state index contributed by atoms with van der Waals surface area (Å²) in [5, 5.41) is 2.85. The minimum absolute atomic E-state index is 0.106. The van der Waals surface area contributed by atoms with Crippen molar-refractivity contribution in [3.8, 4) is 10.4 Å². The molecule has 6 rings (SSSR count). The average molecular weight is 567 g/mol. The third-order valence-electron chi connectivity index (χ3n) is 5.59. The molecule has 0 N–H and O–H groups in total. The molecule has 0 atom stereocenters. The molecule has 0 radical (unpaired) electrons. The Morgan fingerprint density at radius 3 is 2.41 bits per heavy atom. The van der Waals surface area contributed by atoms with E-state index in [2.05, 4.69) is 52.9 Å². The predicted molar refractivity (Wildman–Crippen MR) is 138 cm³/mol. The number of ketones is 2. The van der Waals surface area contributed by atoms with E-state index in [4.69, 9.17) is 16.0 Å². The number of carbonyl (C=O) groups excluding carboxylic acids is 2. The number of allylic oxidation sites excluding steroid dienone is 1. The lowest BCUT2D eigenvalue weighted by molar-refractivity contribution is 0.0990. The molecule has 6 heteroatoms. The van der Waals surface area contributed by atoms with E-state index in [0.717, 1.165) is 24.3 Å². The second-order valence-corrected chi connectivity index (χ2v) is 10.2. The van der Waals surface area contributed by atoms with E-state index in [-0.39, 0.29) is 17.1 Å². The number of furan rings is 1. The first kappa shape index (κ1) is 19.9. The fourth-order valence-corrected chi connectivity index (χ4v) is 5.65. The van der Waals surface area contributed by atoms with Crippen LogP contribution in [-0.2, 0) is 0 Å². The van der Waals surface area contributed by atoms with Crippen molar-refractivity contribution in [2.45, 2.75) is 0 Å². The minimum Gasteiger partial charge on any atom is -0.456 e. The number of Topliss-reactive ketones (excluding diaryl/α,β-unsaturated/α-hetero) is 2. The van der Waals surface area contributed by atoms with E-state index in [0.29, 0.717) is 21.9 Å². The van der Waals surface area contributed by atoms with Gasteiger partial charge in [-0.1, -0.05) is 48.0 Å². The maximum atomic E-state index is 12.8. The number of carbonyl (C=O) groups is 2. The molecule has 0 amide bonds. The highest BCUT2D eigenvalue weighted by Gasteiger charge is 2.34. The van der Waals surface area contributed by atoms with Crippen molar-refractivity contribution in [3.63, 3.8) is 0 Å². The third-order valence-corrected chi connectivity index (χ3v) is 8.22. The summed E-state index contributed by atoms with van der Waals surface area (Å²) < 4.78 is 7.67. The molecule has 2 heterocycles. The van der Waals surface area contributed by atoms with Gasteiger partial charge in [-0.3, -0.25) is 9.59 Å². The molecule has 0 aliphatic heterocycles. The normalized spacial score (nSPS) is 14.8. The zero-order valence-electron chi connectivity index (χ0n) is 16.3. The molecular formula is C26H12ClIO3S. The van der Waals surface area contributed by atoms with Crippen LogP contribution in [0.4, 0.5) is 0 Å². The molecule has 0 bridgehead atoms. The summed E-state index contributed by atoms with van der Waals surface area (Å²) in [4.78, 5) is 26.7. The van der Waals surface area contributed by atoms with Crippen molar-refractivity contribution in [2.24, 2.45) is 0 Å². The summed E-state index contributed by atoms with van der Waals surface area (Å²) in [6.07, 6.45) is 1.54.